The van der Waals surface area contributed by atoms with E-state index in [1.807, 2.05) is 0 Å². The quantitative estimate of drug-likeness (QED) is 0.830. The van der Waals surface area contributed by atoms with Crippen LogP contribution in [0.25, 0.3) is 0 Å². The van der Waals surface area contributed by atoms with Crippen molar-refractivity contribution in [2.45, 2.75) is 33.1 Å². The fourth-order valence-corrected chi connectivity index (χ4v) is 2.77. The molecular weight excluding hydrogens is 218 g/mol. The van der Waals surface area contributed by atoms with Crippen LogP contribution in [0.5, 0.6) is 0 Å². The Kier molecular flexibility index (Phi) is 3.88. The zero-order valence-electron chi connectivity index (χ0n) is 10.1. The van der Waals surface area contributed by atoms with Crippen molar-refractivity contribution in [1.82, 2.24) is 5.32 Å². The van der Waals surface area contributed by atoms with E-state index < -0.39 is 0 Å². The monoisotopic (exact) mass is 237 g/mol. The first kappa shape index (κ1) is 11.9. The van der Waals surface area contributed by atoms with Crippen molar-refractivity contribution in [2.24, 2.45) is 5.92 Å². The maximum Gasteiger partial charge on any atom is 0.0467 e. The molecule has 2 rings (SSSR count). The summed E-state index contributed by atoms with van der Waals surface area (Å²) < 4.78 is 0. The highest BCUT2D eigenvalue weighted by Crippen LogP contribution is 2.27. The van der Waals surface area contributed by atoms with Gasteiger partial charge in [-0.1, -0.05) is 29.3 Å². The highest BCUT2D eigenvalue weighted by molar-refractivity contribution is 6.32. The molecule has 2 heteroatoms. The summed E-state index contributed by atoms with van der Waals surface area (Å²) >= 11 is 6.37. The minimum Gasteiger partial charge on any atom is -0.317 e. The molecule has 1 aliphatic heterocycles. The Bertz CT molecular complexity index is 367. The summed E-state index contributed by atoms with van der Waals surface area (Å²) in [5.74, 6) is 0.806. The molecule has 0 amide bonds. The molecule has 0 atom stereocenters. The Balaban J connectivity index is 2.13. The highest BCUT2D eigenvalue weighted by atomic mass is 35.5. The van der Waals surface area contributed by atoms with Crippen molar-refractivity contribution >= 4 is 11.6 Å². The van der Waals surface area contributed by atoms with Crippen molar-refractivity contribution in [3.05, 3.63) is 33.8 Å². The van der Waals surface area contributed by atoms with Crippen molar-refractivity contribution in [3.63, 3.8) is 0 Å². The van der Waals surface area contributed by atoms with Gasteiger partial charge < -0.3 is 5.32 Å². The molecule has 0 aromatic heterocycles. The molecule has 0 saturated carbocycles. The molecule has 1 aromatic rings. The van der Waals surface area contributed by atoms with E-state index in [4.69, 9.17) is 11.6 Å². The average Bonchev–Trinajstić information content (AvgIpc) is 2.27. The van der Waals surface area contributed by atoms with Crippen LogP contribution in [0.2, 0.25) is 5.02 Å². The molecule has 0 bridgehead atoms. The van der Waals surface area contributed by atoms with Crippen LogP contribution in [-0.4, -0.2) is 13.1 Å². The van der Waals surface area contributed by atoms with Gasteiger partial charge in [0.15, 0.2) is 0 Å². The Labute approximate surface area is 103 Å². The molecule has 1 aromatic carbocycles. The van der Waals surface area contributed by atoms with E-state index in [2.05, 4.69) is 31.3 Å². The molecule has 16 heavy (non-hydrogen) atoms. The van der Waals surface area contributed by atoms with Gasteiger partial charge in [0.1, 0.15) is 0 Å². The van der Waals surface area contributed by atoms with Crippen LogP contribution < -0.4 is 5.32 Å². The average molecular weight is 238 g/mol. The van der Waals surface area contributed by atoms with Crippen molar-refractivity contribution < 1.29 is 0 Å². The van der Waals surface area contributed by atoms with Gasteiger partial charge in [-0.05, 0) is 63.2 Å². The van der Waals surface area contributed by atoms with Gasteiger partial charge in [0, 0.05) is 5.02 Å². The van der Waals surface area contributed by atoms with Crippen LogP contribution in [0.1, 0.15) is 29.5 Å². The lowest BCUT2D eigenvalue weighted by atomic mass is 9.90. The third-order valence-corrected chi connectivity index (χ3v) is 3.98. The number of nitrogens with one attached hydrogen (secondary N) is 1. The van der Waals surface area contributed by atoms with Crippen LogP contribution in [0.4, 0.5) is 0 Å². The first-order chi connectivity index (χ1) is 7.66. The number of rotatable bonds is 2. The van der Waals surface area contributed by atoms with Gasteiger partial charge in [-0.2, -0.15) is 0 Å². The smallest absolute Gasteiger partial charge is 0.0467 e. The predicted octanol–water partition coefficient (Wildman–Crippen LogP) is 3.50. The Morgan fingerprint density at radius 2 is 1.94 bits per heavy atom. The Morgan fingerprint density at radius 3 is 2.62 bits per heavy atom. The fourth-order valence-electron chi connectivity index (χ4n) is 2.58. The molecule has 1 aliphatic rings. The van der Waals surface area contributed by atoms with E-state index in [1.54, 1.807) is 0 Å². The van der Waals surface area contributed by atoms with E-state index in [0.29, 0.717) is 0 Å². The first-order valence-electron chi connectivity index (χ1n) is 6.13. The van der Waals surface area contributed by atoms with Gasteiger partial charge in [-0.25, -0.2) is 0 Å². The van der Waals surface area contributed by atoms with Crippen molar-refractivity contribution in [1.29, 1.82) is 0 Å². The van der Waals surface area contributed by atoms with E-state index in [0.717, 1.165) is 30.5 Å². The van der Waals surface area contributed by atoms with Crippen LogP contribution >= 0.6 is 11.6 Å². The number of piperidine rings is 1. The Morgan fingerprint density at radius 1 is 1.25 bits per heavy atom. The molecule has 0 spiro atoms. The standard InChI is InChI=1S/C14H20ClN/c1-10-7-11(2)14(15)13(8-10)9-12-3-5-16-6-4-12/h7-8,12,16H,3-6,9H2,1-2H3. The molecule has 1 saturated heterocycles. The summed E-state index contributed by atoms with van der Waals surface area (Å²) in [6.45, 7) is 6.57. The molecule has 1 heterocycles. The van der Waals surface area contributed by atoms with Gasteiger partial charge in [0.05, 0.1) is 0 Å². The molecule has 0 aliphatic carbocycles. The third-order valence-electron chi connectivity index (χ3n) is 3.44. The molecular formula is C14H20ClN. The van der Waals surface area contributed by atoms with Crippen molar-refractivity contribution in [3.8, 4) is 0 Å². The topological polar surface area (TPSA) is 12.0 Å². The van der Waals surface area contributed by atoms with Gasteiger partial charge >= 0.3 is 0 Å². The van der Waals surface area contributed by atoms with Crippen molar-refractivity contribution in [2.75, 3.05) is 13.1 Å². The summed E-state index contributed by atoms with van der Waals surface area (Å²) in [4.78, 5) is 0. The second-order valence-electron chi connectivity index (χ2n) is 4.95. The normalized spacial score (nSPS) is 17.7. The molecule has 1 fully saturated rings. The summed E-state index contributed by atoms with van der Waals surface area (Å²) in [6, 6.07) is 4.41. The Hall–Kier alpha value is -0.530. The predicted molar refractivity (Wildman–Crippen MR) is 70.2 cm³/mol. The van der Waals surface area contributed by atoms with Gasteiger partial charge in [0.25, 0.3) is 0 Å². The number of hydrogen-bond donors (Lipinski definition) is 1. The SMILES string of the molecule is Cc1cc(C)c(Cl)c(CC2CCNCC2)c1. The maximum atomic E-state index is 6.37. The molecule has 88 valence electrons. The lowest BCUT2D eigenvalue weighted by Gasteiger charge is -2.23. The number of halogens is 1. The number of benzene rings is 1. The molecule has 0 radical (unpaired) electrons. The zero-order chi connectivity index (χ0) is 11.5. The van der Waals surface area contributed by atoms with Gasteiger partial charge in [-0.15, -0.1) is 0 Å². The van der Waals surface area contributed by atoms with E-state index >= 15 is 0 Å². The highest BCUT2D eigenvalue weighted by Gasteiger charge is 2.15. The second-order valence-corrected chi connectivity index (χ2v) is 5.33. The minimum atomic E-state index is 0.806. The molecule has 0 unspecified atom stereocenters. The van der Waals surface area contributed by atoms with E-state index in [-0.39, 0.29) is 0 Å². The van der Waals surface area contributed by atoms with Gasteiger partial charge in [0.2, 0.25) is 0 Å². The summed E-state index contributed by atoms with van der Waals surface area (Å²) in [5.41, 5.74) is 3.88. The van der Waals surface area contributed by atoms with E-state index in [1.165, 1.54) is 29.5 Å². The van der Waals surface area contributed by atoms with Crippen LogP contribution in [0.3, 0.4) is 0 Å². The second kappa shape index (κ2) is 5.20. The lowest BCUT2D eigenvalue weighted by molar-refractivity contribution is 0.372. The largest absolute Gasteiger partial charge is 0.317 e. The number of hydrogen-bond acceptors (Lipinski definition) is 1. The first-order valence-corrected chi connectivity index (χ1v) is 6.51. The summed E-state index contributed by atoms with van der Waals surface area (Å²) in [7, 11) is 0. The third kappa shape index (κ3) is 2.78. The fraction of sp³-hybridized carbons (Fsp3) is 0.571. The summed E-state index contributed by atoms with van der Waals surface area (Å²) in [6.07, 6.45) is 3.70. The number of aryl methyl sites for hydroxylation is 2. The maximum absolute atomic E-state index is 6.37. The zero-order valence-corrected chi connectivity index (χ0v) is 10.9. The van der Waals surface area contributed by atoms with Gasteiger partial charge in [-0.3, -0.25) is 0 Å². The lowest BCUT2D eigenvalue weighted by Crippen LogP contribution is -2.28. The minimum absolute atomic E-state index is 0.806. The van der Waals surface area contributed by atoms with Crippen LogP contribution in [0.15, 0.2) is 12.1 Å². The van der Waals surface area contributed by atoms with E-state index in [9.17, 15) is 0 Å². The van der Waals surface area contributed by atoms with Crippen LogP contribution in [-0.2, 0) is 6.42 Å². The molecule has 1 N–H and O–H groups in total. The molecule has 1 nitrogen and oxygen atoms in total. The summed E-state index contributed by atoms with van der Waals surface area (Å²) in [5, 5.41) is 4.38. The van der Waals surface area contributed by atoms with Crippen LogP contribution in [0, 0.1) is 19.8 Å².